The van der Waals surface area contributed by atoms with Crippen LogP contribution in [0.25, 0.3) is 5.69 Å². The summed E-state index contributed by atoms with van der Waals surface area (Å²) in [5.41, 5.74) is 7.12. The Bertz CT molecular complexity index is 1780. The third-order valence-corrected chi connectivity index (χ3v) is 7.82. The molecule has 5 aromatic rings. The van der Waals surface area contributed by atoms with Crippen LogP contribution in [0.4, 0.5) is 0 Å². The summed E-state index contributed by atoms with van der Waals surface area (Å²) in [4.78, 5) is 12.7. The first-order chi connectivity index (χ1) is 20.7. The molecule has 11 heteroatoms. The molecule has 0 saturated heterocycles. The summed E-state index contributed by atoms with van der Waals surface area (Å²) in [7, 11) is 0. The van der Waals surface area contributed by atoms with E-state index < -0.39 is 5.91 Å². The molecule has 0 aliphatic heterocycles. The van der Waals surface area contributed by atoms with Gasteiger partial charge in [-0.3, -0.25) is 4.79 Å². The second kappa shape index (κ2) is 13.7. The predicted molar refractivity (Wildman–Crippen MR) is 173 cm³/mol. The van der Waals surface area contributed by atoms with E-state index in [0.29, 0.717) is 42.4 Å². The van der Waals surface area contributed by atoms with Crippen LogP contribution in [0.3, 0.4) is 0 Å². The number of hydrogen-bond donors (Lipinski definition) is 1. The maximum atomic E-state index is 12.7. The topological polar surface area (TPSA) is 78.0 Å². The van der Waals surface area contributed by atoms with E-state index >= 15 is 0 Å². The fourth-order valence-corrected chi connectivity index (χ4v) is 5.74. The minimum atomic E-state index is -0.527. The quantitative estimate of drug-likeness (QED) is 0.116. The van der Waals surface area contributed by atoms with Gasteiger partial charge < -0.3 is 18.5 Å². The normalized spacial score (nSPS) is 11.2. The van der Waals surface area contributed by atoms with Crippen molar-refractivity contribution in [2.24, 2.45) is 5.10 Å². The molecule has 0 radical (unpaired) electrons. The fraction of sp³-hybridized carbons (Fsp3) is 0.125. The van der Waals surface area contributed by atoms with E-state index in [2.05, 4.69) is 57.0 Å². The summed E-state index contributed by atoms with van der Waals surface area (Å²) in [6, 6.07) is 23.7. The van der Waals surface area contributed by atoms with Gasteiger partial charge in [-0.15, -0.1) is 0 Å². The summed E-state index contributed by atoms with van der Waals surface area (Å²) in [6.07, 6.45) is 1.43. The molecule has 5 rings (SSSR count). The zero-order valence-electron chi connectivity index (χ0n) is 23.0. The van der Waals surface area contributed by atoms with Crippen molar-refractivity contribution < 1.29 is 18.7 Å². The number of halogens is 4. The van der Waals surface area contributed by atoms with E-state index in [1.807, 2.05) is 24.3 Å². The number of hydrogen-bond acceptors (Lipinski definition) is 5. The van der Waals surface area contributed by atoms with Crippen molar-refractivity contribution in [3.63, 3.8) is 0 Å². The second-order valence-electron chi connectivity index (χ2n) is 9.53. The van der Waals surface area contributed by atoms with Gasteiger partial charge >= 0.3 is 5.91 Å². The number of carbonyl (C=O) groups is 1. The number of amides is 1. The van der Waals surface area contributed by atoms with Gasteiger partial charge in [0.1, 0.15) is 30.5 Å². The number of rotatable bonds is 10. The number of carbonyl (C=O) groups excluding carboxylic acids is 1. The van der Waals surface area contributed by atoms with Crippen LogP contribution < -0.4 is 14.9 Å². The Labute approximate surface area is 272 Å². The second-order valence-corrected chi connectivity index (χ2v) is 11.7. The molecule has 0 fully saturated rings. The predicted octanol–water partition coefficient (Wildman–Crippen LogP) is 9.33. The Kier molecular flexibility index (Phi) is 9.82. The molecular formula is C32H25BrCl3N3O4. The van der Waals surface area contributed by atoms with Gasteiger partial charge in [0, 0.05) is 43.3 Å². The van der Waals surface area contributed by atoms with E-state index in [0.717, 1.165) is 22.6 Å². The number of nitrogens with one attached hydrogen (secondary N) is 1. The first-order valence-corrected chi connectivity index (χ1v) is 15.0. The highest BCUT2D eigenvalue weighted by Gasteiger charge is 2.14. The SMILES string of the molecule is Cc1ccc(C)n1-c1ccc(OCc2ccc(C(=O)N/N=C/c3cc(Cl)cc(Br)c3OCc3ccc(Cl)cc3Cl)o2)cc1. The van der Waals surface area contributed by atoms with Crippen molar-refractivity contribution in [1.82, 2.24) is 9.99 Å². The highest BCUT2D eigenvalue weighted by atomic mass is 79.9. The van der Waals surface area contributed by atoms with Crippen LogP contribution in [0, 0.1) is 13.8 Å². The molecule has 0 spiro atoms. The lowest BCUT2D eigenvalue weighted by Crippen LogP contribution is -2.17. The minimum Gasteiger partial charge on any atom is -0.487 e. The number of aromatic nitrogens is 1. The molecule has 0 aliphatic carbocycles. The Hall–Kier alpha value is -3.69. The van der Waals surface area contributed by atoms with Crippen LogP contribution in [0.15, 0.2) is 92.9 Å². The molecule has 2 aromatic heterocycles. The molecule has 220 valence electrons. The summed E-state index contributed by atoms with van der Waals surface area (Å²) >= 11 is 22.0. The van der Waals surface area contributed by atoms with Crippen molar-refractivity contribution in [1.29, 1.82) is 0 Å². The molecular weight excluding hydrogens is 677 g/mol. The van der Waals surface area contributed by atoms with E-state index in [-0.39, 0.29) is 19.0 Å². The van der Waals surface area contributed by atoms with E-state index in [1.165, 1.54) is 6.21 Å². The van der Waals surface area contributed by atoms with Gasteiger partial charge in [-0.1, -0.05) is 40.9 Å². The molecule has 7 nitrogen and oxygen atoms in total. The molecule has 1 amide bonds. The highest BCUT2D eigenvalue weighted by Crippen LogP contribution is 2.33. The Morgan fingerprint density at radius 1 is 0.907 bits per heavy atom. The van der Waals surface area contributed by atoms with Gasteiger partial charge in [-0.25, -0.2) is 5.43 Å². The minimum absolute atomic E-state index is 0.0887. The molecule has 1 N–H and O–H groups in total. The fourth-order valence-electron chi connectivity index (χ4n) is 4.33. The average molecular weight is 702 g/mol. The van der Waals surface area contributed by atoms with Crippen LogP contribution in [0.1, 0.15) is 38.8 Å². The van der Waals surface area contributed by atoms with Gasteiger partial charge in [-0.2, -0.15) is 5.10 Å². The van der Waals surface area contributed by atoms with Crippen molar-refractivity contribution in [2.45, 2.75) is 27.1 Å². The van der Waals surface area contributed by atoms with Gasteiger partial charge in [0.05, 0.1) is 10.7 Å². The van der Waals surface area contributed by atoms with Crippen LogP contribution >= 0.6 is 50.7 Å². The lowest BCUT2D eigenvalue weighted by atomic mass is 10.2. The zero-order chi connectivity index (χ0) is 30.5. The average Bonchev–Trinajstić information content (AvgIpc) is 3.58. The Morgan fingerprint density at radius 3 is 2.37 bits per heavy atom. The number of benzene rings is 3. The Balaban J connectivity index is 1.18. The molecule has 0 saturated carbocycles. The molecule has 0 atom stereocenters. The lowest BCUT2D eigenvalue weighted by Gasteiger charge is -2.13. The van der Waals surface area contributed by atoms with E-state index in [1.54, 1.807) is 42.5 Å². The van der Waals surface area contributed by atoms with Gasteiger partial charge in [-0.05, 0) is 103 Å². The zero-order valence-corrected chi connectivity index (χ0v) is 26.9. The summed E-state index contributed by atoms with van der Waals surface area (Å²) < 4.78 is 20.3. The molecule has 3 aromatic carbocycles. The largest absolute Gasteiger partial charge is 0.487 e. The van der Waals surface area contributed by atoms with Crippen molar-refractivity contribution in [2.75, 3.05) is 0 Å². The Morgan fingerprint density at radius 2 is 1.65 bits per heavy atom. The standard InChI is InChI=1S/C32H25BrCl3N3O4/c1-19-3-4-20(2)39(19)25-7-9-26(10-8-25)41-18-27-11-12-30(43-27)32(40)38-37-16-22-13-24(35)14-28(33)31(22)42-17-21-5-6-23(34)15-29(21)36/h3-16H,17-18H2,1-2H3,(H,38,40)/b37-16+. The molecule has 0 unspecified atom stereocenters. The van der Waals surface area contributed by atoms with Crippen LogP contribution in [-0.4, -0.2) is 16.7 Å². The smallest absolute Gasteiger partial charge is 0.307 e. The van der Waals surface area contributed by atoms with Crippen LogP contribution in [-0.2, 0) is 13.2 Å². The van der Waals surface area contributed by atoms with Crippen LogP contribution in [0.5, 0.6) is 11.5 Å². The molecule has 0 aliphatic rings. The summed E-state index contributed by atoms with van der Waals surface area (Å²) in [5, 5.41) is 5.54. The number of hydrazone groups is 1. The van der Waals surface area contributed by atoms with Gasteiger partial charge in [0.25, 0.3) is 0 Å². The van der Waals surface area contributed by atoms with Gasteiger partial charge in [0.15, 0.2) is 5.76 Å². The number of aryl methyl sites for hydroxylation is 2. The third kappa shape index (κ3) is 7.64. The summed E-state index contributed by atoms with van der Waals surface area (Å²) in [5.74, 6) is 1.21. The lowest BCUT2D eigenvalue weighted by molar-refractivity contribution is 0.0923. The highest BCUT2D eigenvalue weighted by molar-refractivity contribution is 9.10. The first-order valence-electron chi connectivity index (χ1n) is 13.0. The molecule has 0 bridgehead atoms. The van der Waals surface area contributed by atoms with Crippen LogP contribution in [0.2, 0.25) is 15.1 Å². The van der Waals surface area contributed by atoms with Crippen molar-refractivity contribution in [3.05, 3.63) is 132 Å². The first kappa shape index (κ1) is 30.8. The maximum Gasteiger partial charge on any atom is 0.307 e. The number of nitrogens with zero attached hydrogens (tertiary/aromatic N) is 2. The molecule has 2 heterocycles. The monoisotopic (exact) mass is 699 g/mol. The van der Waals surface area contributed by atoms with Crippen molar-refractivity contribution in [3.8, 4) is 17.2 Å². The molecule has 43 heavy (non-hydrogen) atoms. The van der Waals surface area contributed by atoms with E-state index in [4.69, 9.17) is 48.7 Å². The summed E-state index contributed by atoms with van der Waals surface area (Å²) in [6.45, 7) is 4.47. The number of ether oxygens (including phenoxy) is 2. The van der Waals surface area contributed by atoms with Crippen molar-refractivity contribution >= 4 is 62.9 Å². The third-order valence-electron chi connectivity index (χ3n) is 6.43. The maximum absolute atomic E-state index is 12.7. The van der Waals surface area contributed by atoms with Gasteiger partial charge in [0.2, 0.25) is 0 Å². The van der Waals surface area contributed by atoms with E-state index in [9.17, 15) is 4.79 Å². The number of furan rings is 1.